The molecular weight excluding hydrogens is 238 g/mol. The molecule has 5 nitrogen and oxygen atoms in total. The summed E-state index contributed by atoms with van der Waals surface area (Å²) >= 11 is 0. The molecule has 1 aliphatic heterocycles. The summed E-state index contributed by atoms with van der Waals surface area (Å²) in [6.07, 6.45) is 5.49. The Bertz CT molecular complexity index is 422. The van der Waals surface area contributed by atoms with Crippen LogP contribution in [0.5, 0.6) is 0 Å². The van der Waals surface area contributed by atoms with Gasteiger partial charge in [0.25, 0.3) is 0 Å². The molecule has 0 amide bonds. The molecule has 2 rings (SSSR count). The third-order valence-electron chi connectivity index (χ3n) is 3.07. The number of hydrogen-bond acceptors (Lipinski definition) is 3. The molecule has 96 valence electrons. The van der Waals surface area contributed by atoms with Crippen molar-refractivity contribution in [2.24, 2.45) is 5.92 Å². The van der Waals surface area contributed by atoms with E-state index < -0.39 is 10.0 Å². The Morgan fingerprint density at radius 3 is 2.76 bits per heavy atom. The lowest BCUT2D eigenvalue weighted by Crippen LogP contribution is -2.35. The fourth-order valence-electron chi connectivity index (χ4n) is 2.08. The summed E-state index contributed by atoms with van der Waals surface area (Å²) < 4.78 is 26.3. The number of hydrogen-bond donors (Lipinski definition) is 3. The fourth-order valence-corrected chi connectivity index (χ4v) is 3.54. The number of piperidine rings is 1. The van der Waals surface area contributed by atoms with Crippen LogP contribution in [0.15, 0.2) is 18.5 Å². The Kier molecular flexibility index (Phi) is 4.20. The monoisotopic (exact) mass is 257 g/mol. The van der Waals surface area contributed by atoms with Gasteiger partial charge in [-0.3, -0.25) is 0 Å². The normalized spacial score (nSPS) is 18.4. The van der Waals surface area contributed by atoms with E-state index in [0.717, 1.165) is 31.5 Å². The second-order valence-corrected chi connectivity index (χ2v) is 6.37. The maximum Gasteiger partial charge on any atom is 0.212 e. The van der Waals surface area contributed by atoms with E-state index in [2.05, 4.69) is 15.0 Å². The number of nitrogens with one attached hydrogen (secondary N) is 3. The van der Waals surface area contributed by atoms with Crippen molar-refractivity contribution in [2.75, 3.05) is 18.8 Å². The largest absolute Gasteiger partial charge is 0.367 e. The lowest BCUT2D eigenvalue weighted by molar-refractivity contribution is 0.400. The number of H-pyrrole nitrogens is 1. The van der Waals surface area contributed by atoms with E-state index in [1.807, 2.05) is 6.07 Å². The predicted octanol–water partition coefficient (Wildman–Crippen LogP) is 0.434. The summed E-state index contributed by atoms with van der Waals surface area (Å²) in [5, 5.41) is 3.24. The van der Waals surface area contributed by atoms with E-state index in [0.29, 0.717) is 12.5 Å². The van der Waals surface area contributed by atoms with Crippen LogP contribution in [0, 0.1) is 5.92 Å². The van der Waals surface area contributed by atoms with Crippen LogP contribution in [0.2, 0.25) is 0 Å². The Morgan fingerprint density at radius 2 is 2.12 bits per heavy atom. The first-order chi connectivity index (χ1) is 8.16. The van der Waals surface area contributed by atoms with Crippen molar-refractivity contribution >= 4 is 10.0 Å². The number of rotatable bonds is 5. The summed E-state index contributed by atoms with van der Waals surface area (Å²) in [6, 6.07) is 1.87. The van der Waals surface area contributed by atoms with Crippen molar-refractivity contribution in [3.05, 3.63) is 24.0 Å². The summed E-state index contributed by atoms with van der Waals surface area (Å²) in [7, 11) is -3.15. The second-order valence-electron chi connectivity index (χ2n) is 4.52. The van der Waals surface area contributed by atoms with Crippen LogP contribution < -0.4 is 10.0 Å². The van der Waals surface area contributed by atoms with Gasteiger partial charge in [0.05, 0.1) is 5.75 Å². The Hall–Kier alpha value is -0.850. The van der Waals surface area contributed by atoms with Gasteiger partial charge in [0.1, 0.15) is 0 Å². The van der Waals surface area contributed by atoms with Crippen molar-refractivity contribution in [3.63, 3.8) is 0 Å². The van der Waals surface area contributed by atoms with Crippen LogP contribution in [-0.2, 0) is 16.6 Å². The molecule has 1 aromatic rings. The fraction of sp³-hybridized carbons (Fsp3) is 0.636. The molecule has 1 aliphatic rings. The van der Waals surface area contributed by atoms with Crippen LogP contribution in [0.1, 0.15) is 18.4 Å². The molecule has 6 heteroatoms. The van der Waals surface area contributed by atoms with Crippen LogP contribution in [0.4, 0.5) is 0 Å². The van der Waals surface area contributed by atoms with Crippen molar-refractivity contribution in [1.29, 1.82) is 0 Å². The molecule has 0 saturated carbocycles. The summed E-state index contributed by atoms with van der Waals surface area (Å²) in [4.78, 5) is 2.90. The third-order valence-corrected chi connectivity index (χ3v) is 4.57. The van der Waals surface area contributed by atoms with Gasteiger partial charge in [0, 0.05) is 18.9 Å². The van der Waals surface area contributed by atoms with Gasteiger partial charge in [-0.15, -0.1) is 0 Å². The highest BCUT2D eigenvalue weighted by atomic mass is 32.2. The first kappa shape index (κ1) is 12.6. The van der Waals surface area contributed by atoms with Crippen molar-refractivity contribution in [2.45, 2.75) is 19.4 Å². The highest BCUT2D eigenvalue weighted by Crippen LogP contribution is 2.13. The third kappa shape index (κ3) is 4.14. The van der Waals surface area contributed by atoms with Crippen LogP contribution in [0.3, 0.4) is 0 Å². The van der Waals surface area contributed by atoms with Gasteiger partial charge in [-0.25, -0.2) is 13.1 Å². The average Bonchev–Trinajstić information content (AvgIpc) is 2.80. The summed E-state index contributed by atoms with van der Waals surface area (Å²) in [5.74, 6) is 0.541. The lowest BCUT2D eigenvalue weighted by atomic mass is 10.0. The number of aromatic amines is 1. The Labute approximate surface area is 102 Å². The molecule has 0 aliphatic carbocycles. The molecule has 3 N–H and O–H groups in total. The minimum absolute atomic E-state index is 0.249. The summed E-state index contributed by atoms with van der Waals surface area (Å²) in [5.41, 5.74) is 0.957. The molecule has 1 saturated heterocycles. The molecule has 2 heterocycles. The molecule has 0 spiro atoms. The SMILES string of the molecule is O=S(=O)(CC1CCNCC1)NCc1cc[nH]c1. The van der Waals surface area contributed by atoms with E-state index in [4.69, 9.17) is 0 Å². The van der Waals surface area contributed by atoms with Crippen molar-refractivity contribution in [1.82, 2.24) is 15.0 Å². The Morgan fingerprint density at radius 1 is 1.35 bits per heavy atom. The molecule has 0 radical (unpaired) electrons. The van der Waals surface area contributed by atoms with Crippen molar-refractivity contribution < 1.29 is 8.42 Å². The maximum atomic E-state index is 11.9. The van der Waals surface area contributed by atoms with Crippen LogP contribution in [-0.4, -0.2) is 32.2 Å². The predicted molar refractivity (Wildman–Crippen MR) is 67.0 cm³/mol. The zero-order valence-electron chi connectivity index (χ0n) is 9.78. The van der Waals surface area contributed by atoms with Gasteiger partial charge in [0.15, 0.2) is 0 Å². The maximum absolute atomic E-state index is 11.9. The quantitative estimate of drug-likeness (QED) is 0.716. The first-order valence-corrected chi connectivity index (χ1v) is 7.61. The van der Waals surface area contributed by atoms with Gasteiger partial charge >= 0.3 is 0 Å². The van der Waals surface area contributed by atoms with Gasteiger partial charge in [-0.05, 0) is 43.5 Å². The molecule has 0 bridgehead atoms. The van der Waals surface area contributed by atoms with Gasteiger partial charge < -0.3 is 10.3 Å². The Balaban J connectivity index is 1.81. The molecule has 1 aromatic heterocycles. The van der Waals surface area contributed by atoms with E-state index in [-0.39, 0.29) is 5.75 Å². The van der Waals surface area contributed by atoms with Gasteiger partial charge in [-0.2, -0.15) is 0 Å². The minimum Gasteiger partial charge on any atom is -0.367 e. The minimum atomic E-state index is -3.15. The average molecular weight is 257 g/mol. The molecular formula is C11H19N3O2S. The summed E-state index contributed by atoms with van der Waals surface area (Å²) in [6.45, 7) is 2.23. The van der Waals surface area contributed by atoms with Crippen molar-refractivity contribution in [3.8, 4) is 0 Å². The number of sulfonamides is 1. The number of aromatic nitrogens is 1. The molecule has 0 unspecified atom stereocenters. The van der Waals surface area contributed by atoms with Crippen LogP contribution >= 0.6 is 0 Å². The second kappa shape index (κ2) is 5.66. The highest BCUT2D eigenvalue weighted by molar-refractivity contribution is 7.89. The highest BCUT2D eigenvalue weighted by Gasteiger charge is 2.20. The topological polar surface area (TPSA) is 74.0 Å². The zero-order chi connectivity index (χ0) is 12.1. The zero-order valence-corrected chi connectivity index (χ0v) is 10.6. The smallest absolute Gasteiger partial charge is 0.212 e. The van der Waals surface area contributed by atoms with Gasteiger partial charge in [-0.1, -0.05) is 0 Å². The standard InChI is InChI=1S/C11H19N3O2S/c15-17(16,9-10-1-4-12-5-2-10)14-8-11-3-6-13-7-11/h3,6-7,10,12-14H,1-2,4-5,8-9H2. The van der Waals surface area contributed by atoms with E-state index in [1.54, 1.807) is 12.4 Å². The molecule has 0 atom stereocenters. The molecule has 0 aromatic carbocycles. The van der Waals surface area contributed by atoms with Crippen LogP contribution in [0.25, 0.3) is 0 Å². The molecule has 17 heavy (non-hydrogen) atoms. The van der Waals surface area contributed by atoms with E-state index in [9.17, 15) is 8.42 Å². The lowest BCUT2D eigenvalue weighted by Gasteiger charge is -2.22. The van der Waals surface area contributed by atoms with E-state index >= 15 is 0 Å². The van der Waals surface area contributed by atoms with E-state index in [1.165, 1.54) is 0 Å². The first-order valence-electron chi connectivity index (χ1n) is 5.95. The molecule has 1 fully saturated rings. The van der Waals surface area contributed by atoms with Gasteiger partial charge in [0.2, 0.25) is 10.0 Å².